The van der Waals surface area contributed by atoms with Crippen LogP contribution in [0, 0.1) is 5.92 Å². The van der Waals surface area contributed by atoms with Crippen molar-refractivity contribution in [3.05, 3.63) is 24.5 Å². The summed E-state index contributed by atoms with van der Waals surface area (Å²) in [5.74, 6) is -1.10. The molecule has 1 aromatic rings. The summed E-state index contributed by atoms with van der Waals surface area (Å²) in [5, 5.41) is 0. The van der Waals surface area contributed by atoms with E-state index in [0.717, 1.165) is 0 Å². The fraction of sp³-hybridized carbons (Fsp3) is 0.611. The molecule has 28 heavy (non-hydrogen) atoms. The summed E-state index contributed by atoms with van der Waals surface area (Å²) in [6, 6.07) is 3.07. The van der Waals surface area contributed by atoms with Crippen molar-refractivity contribution in [2.75, 3.05) is 39.4 Å². The number of hydrogen-bond acceptors (Lipinski definition) is 7. The van der Waals surface area contributed by atoms with Crippen molar-refractivity contribution in [1.29, 1.82) is 0 Å². The Labute approximate surface area is 164 Å². The minimum absolute atomic E-state index is 0.140. The molecule has 0 bridgehead atoms. The van der Waals surface area contributed by atoms with Gasteiger partial charge in [0.05, 0.1) is 19.1 Å². The summed E-state index contributed by atoms with van der Waals surface area (Å²) < 4.78 is 37.2. The molecule has 9 nitrogen and oxygen atoms in total. The van der Waals surface area contributed by atoms with Crippen molar-refractivity contribution < 1.29 is 27.5 Å². The fourth-order valence-electron chi connectivity index (χ4n) is 3.34. The van der Waals surface area contributed by atoms with Gasteiger partial charge in [-0.05, 0) is 31.9 Å². The monoisotopic (exact) mass is 411 g/mol. The van der Waals surface area contributed by atoms with Gasteiger partial charge in [-0.1, -0.05) is 0 Å². The van der Waals surface area contributed by atoms with Crippen molar-refractivity contribution in [1.82, 2.24) is 14.2 Å². The van der Waals surface area contributed by atoms with Crippen LogP contribution in [0.25, 0.3) is 0 Å². The molecule has 2 aliphatic heterocycles. The number of esters is 1. The molecule has 1 atom stereocenters. The van der Waals surface area contributed by atoms with E-state index in [4.69, 9.17) is 9.47 Å². The molecule has 3 rings (SSSR count). The minimum atomic E-state index is -3.62. The lowest BCUT2D eigenvalue weighted by Crippen LogP contribution is -2.47. The first-order valence-electron chi connectivity index (χ1n) is 9.37. The van der Waals surface area contributed by atoms with Crippen LogP contribution in [0.4, 0.5) is 0 Å². The summed E-state index contributed by atoms with van der Waals surface area (Å²) in [6.07, 6.45) is 2.69. The van der Waals surface area contributed by atoms with Crippen molar-refractivity contribution in [3.63, 3.8) is 0 Å². The van der Waals surface area contributed by atoms with Crippen LogP contribution in [0.5, 0.6) is 0 Å². The van der Waals surface area contributed by atoms with Gasteiger partial charge < -0.3 is 14.4 Å². The summed E-state index contributed by atoms with van der Waals surface area (Å²) >= 11 is 0. The first-order chi connectivity index (χ1) is 13.4. The summed E-state index contributed by atoms with van der Waals surface area (Å²) in [7, 11) is -3.62. The number of amides is 1. The van der Waals surface area contributed by atoms with Crippen LogP contribution in [0.15, 0.2) is 29.4 Å². The third kappa shape index (κ3) is 4.68. The lowest BCUT2D eigenvalue weighted by Gasteiger charge is -2.32. The number of ether oxygens (including phenoxy) is 2. The highest BCUT2D eigenvalue weighted by Gasteiger charge is 2.34. The third-order valence-electron chi connectivity index (χ3n) is 5.02. The van der Waals surface area contributed by atoms with Gasteiger partial charge in [0.15, 0.2) is 6.10 Å². The second-order valence-corrected chi connectivity index (χ2v) is 8.82. The second-order valence-electron chi connectivity index (χ2n) is 6.88. The predicted molar refractivity (Wildman–Crippen MR) is 98.7 cm³/mol. The van der Waals surface area contributed by atoms with E-state index in [1.807, 2.05) is 0 Å². The number of aromatic nitrogens is 1. The molecule has 2 saturated heterocycles. The molecule has 0 aliphatic carbocycles. The highest BCUT2D eigenvalue weighted by Crippen LogP contribution is 2.24. The zero-order valence-corrected chi connectivity index (χ0v) is 16.6. The van der Waals surface area contributed by atoms with Crippen LogP contribution < -0.4 is 0 Å². The number of carbonyl (C=O) groups is 2. The second kappa shape index (κ2) is 8.97. The fourth-order valence-corrected chi connectivity index (χ4v) is 4.78. The molecule has 2 aliphatic rings. The van der Waals surface area contributed by atoms with Gasteiger partial charge in [0, 0.05) is 38.6 Å². The van der Waals surface area contributed by atoms with E-state index in [-0.39, 0.29) is 23.9 Å². The standard InChI is InChI=1S/C18H25N3O6S/c1-14(17(22)20-9-11-26-12-10-20)27-18(23)15-4-7-21(8-5-15)28(24,25)16-3-2-6-19-13-16/h2-3,6,13-15H,4-5,7-12H2,1H3. The van der Waals surface area contributed by atoms with Crippen LogP contribution in [0.1, 0.15) is 19.8 Å². The van der Waals surface area contributed by atoms with E-state index < -0.39 is 28.0 Å². The van der Waals surface area contributed by atoms with Crippen molar-refractivity contribution in [2.24, 2.45) is 5.92 Å². The van der Waals surface area contributed by atoms with E-state index in [0.29, 0.717) is 39.1 Å². The van der Waals surface area contributed by atoms with E-state index in [2.05, 4.69) is 4.98 Å². The quantitative estimate of drug-likeness (QED) is 0.641. The lowest BCUT2D eigenvalue weighted by molar-refractivity contribution is -0.164. The molecule has 0 saturated carbocycles. The van der Waals surface area contributed by atoms with Crippen molar-refractivity contribution in [2.45, 2.75) is 30.8 Å². The number of piperidine rings is 1. The average molecular weight is 411 g/mol. The maximum absolute atomic E-state index is 12.6. The van der Waals surface area contributed by atoms with E-state index >= 15 is 0 Å². The maximum Gasteiger partial charge on any atom is 0.309 e. The van der Waals surface area contributed by atoms with Gasteiger partial charge in [0.1, 0.15) is 4.90 Å². The molecular formula is C18H25N3O6S. The van der Waals surface area contributed by atoms with Gasteiger partial charge in [0.25, 0.3) is 5.91 Å². The highest BCUT2D eigenvalue weighted by atomic mass is 32.2. The Morgan fingerprint density at radius 2 is 1.89 bits per heavy atom. The molecule has 0 spiro atoms. The highest BCUT2D eigenvalue weighted by molar-refractivity contribution is 7.89. The summed E-state index contributed by atoms with van der Waals surface area (Å²) in [5.41, 5.74) is 0. The Kier molecular flexibility index (Phi) is 6.63. The smallest absolute Gasteiger partial charge is 0.309 e. The van der Waals surface area contributed by atoms with Crippen molar-refractivity contribution in [3.8, 4) is 0 Å². The van der Waals surface area contributed by atoms with E-state index in [1.54, 1.807) is 17.9 Å². The van der Waals surface area contributed by atoms with Crippen LogP contribution in [0.2, 0.25) is 0 Å². The average Bonchev–Trinajstić information content (AvgIpc) is 2.74. The molecule has 0 aromatic carbocycles. The molecule has 1 unspecified atom stereocenters. The summed E-state index contributed by atoms with van der Waals surface area (Å²) in [4.78, 5) is 30.4. The maximum atomic E-state index is 12.6. The van der Waals surface area contributed by atoms with Gasteiger partial charge in [0.2, 0.25) is 10.0 Å². The minimum Gasteiger partial charge on any atom is -0.452 e. The first kappa shape index (κ1) is 20.7. The largest absolute Gasteiger partial charge is 0.452 e. The molecule has 154 valence electrons. The molecule has 2 fully saturated rings. The number of hydrogen-bond donors (Lipinski definition) is 0. The number of nitrogens with zero attached hydrogens (tertiary/aromatic N) is 3. The zero-order chi connectivity index (χ0) is 20.1. The number of morpholine rings is 1. The third-order valence-corrected chi connectivity index (χ3v) is 6.91. The normalized spacial score (nSPS) is 20.5. The topological polar surface area (TPSA) is 106 Å². The zero-order valence-electron chi connectivity index (χ0n) is 15.8. The van der Waals surface area contributed by atoms with Gasteiger partial charge in [-0.25, -0.2) is 8.42 Å². The molecule has 10 heteroatoms. The predicted octanol–water partition coefficient (Wildman–Crippen LogP) is 0.273. The number of carbonyl (C=O) groups excluding carboxylic acids is 2. The lowest BCUT2D eigenvalue weighted by atomic mass is 9.98. The van der Waals surface area contributed by atoms with E-state index in [1.165, 1.54) is 22.8 Å². The van der Waals surface area contributed by atoms with Gasteiger partial charge in [-0.3, -0.25) is 14.6 Å². The Morgan fingerprint density at radius 1 is 1.21 bits per heavy atom. The Morgan fingerprint density at radius 3 is 2.50 bits per heavy atom. The van der Waals surface area contributed by atoms with E-state index in [9.17, 15) is 18.0 Å². The Hall–Kier alpha value is -2.04. The molecule has 3 heterocycles. The summed E-state index contributed by atoms with van der Waals surface area (Å²) in [6.45, 7) is 3.96. The van der Waals surface area contributed by atoms with Gasteiger partial charge in [-0.15, -0.1) is 0 Å². The number of sulfonamides is 1. The molecular weight excluding hydrogens is 386 g/mol. The molecule has 1 amide bonds. The van der Waals surface area contributed by atoms with Crippen LogP contribution in [-0.4, -0.2) is 80.0 Å². The number of rotatable bonds is 5. The van der Waals surface area contributed by atoms with Gasteiger partial charge in [-0.2, -0.15) is 4.31 Å². The Balaban J connectivity index is 1.51. The van der Waals surface area contributed by atoms with Crippen molar-refractivity contribution >= 4 is 21.9 Å². The molecule has 0 radical (unpaired) electrons. The molecule has 1 aromatic heterocycles. The van der Waals surface area contributed by atoms with Gasteiger partial charge >= 0.3 is 5.97 Å². The van der Waals surface area contributed by atoms with Crippen LogP contribution in [0.3, 0.4) is 0 Å². The Bertz CT molecular complexity index is 787. The SMILES string of the molecule is CC(OC(=O)C1CCN(S(=O)(=O)c2cccnc2)CC1)C(=O)N1CCOCC1. The first-order valence-corrected chi connectivity index (χ1v) is 10.8. The molecule has 0 N–H and O–H groups in total. The van der Waals surface area contributed by atoms with Crippen LogP contribution >= 0.6 is 0 Å². The van der Waals surface area contributed by atoms with Crippen LogP contribution in [-0.2, 0) is 29.1 Å². The number of pyridine rings is 1.